The SMILES string of the molecule is CC1CCC(C)C(O)(Cc2ccccc2)C1. The summed E-state index contributed by atoms with van der Waals surface area (Å²) in [7, 11) is 0. The third-order valence-electron chi connectivity index (χ3n) is 4.06. The molecule has 0 amide bonds. The van der Waals surface area contributed by atoms with Gasteiger partial charge in [0.05, 0.1) is 5.60 Å². The summed E-state index contributed by atoms with van der Waals surface area (Å²) < 4.78 is 0. The molecule has 0 heterocycles. The Morgan fingerprint density at radius 1 is 1.19 bits per heavy atom. The van der Waals surface area contributed by atoms with Gasteiger partial charge in [0.25, 0.3) is 0 Å². The largest absolute Gasteiger partial charge is 0.389 e. The molecule has 1 N–H and O–H groups in total. The molecule has 0 bridgehead atoms. The van der Waals surface area contributed by atoms with E-state index in [-0.39, 0.29) is 0 Å². The van der Waals surface area contributed by atoms with Crippen LogP contribution in [0.3, 0.4) is 0 Å². The minimum absolute atomic E-state index is 0.420. The first kappa shape index (κ1) is 11.7. The molecular weight excluding hydrogens is 196 g/mol. The van der Waals surface area contributed by atoms with Crippen LogP contribution in [0.1, 0.15) is 38.7 Å². The Balaban J connectivity index is 2.12. The fourth-order valence-corrected chi connectivity index (χ4v) is 2.91. The minimum atomic E-state index is -0.487. The second kappa shape index (κ2) is 4.58. The molecule has 3 unspecified atom stereocenters. The van der Waals surface area contributed by atoms with Crippen molar-refractivity contribution in [3.05, 3.63) is 35.9 Å². The fraction of sp³-hybridized carbons (Fsp3) is 0.600. The van der Waals surface area contributed by atoms with E-state index in [9.17, 15) is 5.11 Å². The van der Waals surface area contributed by atoms with Gasteiger partial charge in [-0.25, -0.2) is 0 Å². The second-order valence-electron chi connectivity index (χ2n) is 5.55. The molecule has 1 aliphatic carbocycles. The molecule has 2 rings (SSSR count). The summed E-state index contributed by atoms with van der Waals surface area (Å²) >= 11 is 0. The Morgan fingerprint density at radius 3 is 2.56 bits per heavy atom. The van der Waals surface area contributed by atoms with E-state index in [0.29, 0.717) is 11.8 Å². The van der Waals surface area contributed by atoms with Gasteiger partial charge in [0.15, 0.2) is 0 Å². The van der Waals surface area contributed by atoms with Crippen LogP contribution in [0.25, 0.3) is 0 Å². The molecule has 3 atom stereocenters. The Morgan fingerprint density at radius 2 is 1.88 bits per heavy atom. The van der Waals surface area contributed by atoms with Crippen LogP contribution < -0.4 is 0 Å². The van der Waals surface area contributed by atoms with Crippen LogP contribution in [-0.2, 0) is 6.42 Å². The standard InChI is InChI=1S/C15H22O/c1-12-8-9-13(2)15(16,10-12)11-14-6-4-3-5-7-14/h3-7,12-13,16H,8-11H2,1-2H3. The molecule has 88 valence electrons. The lowest BCUT2D eigenvalue weighted by molar-refractivity contribution is -0.0560. The van der Waals surface area contributed by atoms with E-state index in [1.54, 1.807) is 0 Å². The average molecular weight is 218 g/mol. The Labute approximate surface area is 98.5 Å². The maximum atomic E-state index is 10.8. The number of hydrogen-bond donors (Lipinski definition) is 1. The smallest absolute Gasteiger partial charge is 0.0715 e. The van der Waals surface area contributed by atoms with Crippen molar-refractivity contribution < 1.29 is 5.11 Å². The fourth-order valence-electron chi connectivity index (χ4n) is 2.91. The van der Waals surface area contributed by atoms with Gasteiger partial charge < -0.3 is 5.11 Å². The highest BCUT2D eigenvalue weighted by Crippen LogP contribution is 2.38. The van der Waals surface area contributed by atoms with E-state index >= 15 is 0 Å². The van der Waals surface area contributed by atoms with Crippen molar-refractivity contribution in [1.82, 2.24) is 0 Å². The van der Waals surface area contributed by atoms with Crippen LogP contribution in [0, 0.1) is 11.8 Å². The van der Waals surface area contributed by atoms with Gasteiger partial charge in [-0.15, -0.1) is 0 Å². The van der Waals surface area contributed by atoms with Crippen LogP contribution in [0.5, 0.6) is 0 Å². The predicted molar refractivity (Wildman–Crippen MR) is 67.3 cm³/mol. The molecule has 16 heavy (non-hydrogen) atoms. The van der Waals surface area contributed by atoms with E-state index < -0.39 is 5.60 Å². The van der Waals surface area contributed by atoms with Crippen molar-refractivity contribution in [2.24, 2.45) is 11.8 Å². The molecule has 0 saturated heterocycles. The topological polar surface area (TPSA) is 20.2 Å². The first-order valence-corrected chi connectivity index (χ1v) is 6.36. The van der Waals surface area contributed by atoms with Gasteiger partial charge in [0.2, 0.25) is 0 Å². The van der Waals surface area contributed by atoms with E-state index in [2.05, 4.69) is 38.1 Å². The number of aliphatic hydroxyl groups is 1. The molecule has 0 aliphatic heterocycles. The highest BCUT2D eigenvalue weighted by atomic mass is 16.3. The minimum Gasteiger partial charge on any atom is -0.389 e. The van der Waals surface area contributed by atoms with E-state index in [0.717, 1.165) is 19.3 Å². The highest BCUT2D eigenvalue weighted by Gasteiger charge is 2.38. The summed E-state index contributed by atoms with van der Waals surface area (Å²) in [6, 6.07) is 10.4. The summed E-state index contributed by atoms with van der Waals surface area (Å²) in [6.07, 6.45) is 4.17. The average Bonchev–Trinajstić information content (AvgIpc) is 2.25. The molecule has 0 aromatic heterocycles. The lowest BCUT2D eigenvalue weighted by atomic mass is 9.69. The van der Waals surface area contributed by atoms with Gasteiger partial charge in [-0.3, -0.25) is 0 Å². The van der Waals surface area contributed by atoms with Crippen LogP contribution >= 0.6 is 0 Å². The van der Waals surface area contributed by atoms with Crippen LogP contribution in [0.15, 0.2) is 30.3 Å². The van der Waals surface area contributed by atoms with Gasteiger partial charge in [0, 0.05) is 6.42 Å². The Hall–Kier alpha value is -0.820. The zero-order valence-corrected chi connectivity index (χ0v) is 10.3. The van der Waals surface area contributed by atoms with Crippen molar-refractivity contribution in [3.63, 3.8) is 0 Å². The predicted octanol–water partition coefficient (Wildman–Crippen LogP) is 3.42. The zero-order chi connectivity index (χ0) is 11.6. The monoisotopic (exact) mass is 218 g/mol. The first-order chi connectivity index (χ1) is 7.60. The number of benzene rings is 1. The van der Waals surface area contributed by atoms with Gasteiger partial charge >= 0.3 is 0 Å². The second-order valence-corrected chi connectivity index (χ2v) is 5.55. The molecular formula is C15H22O. The van der Waals surface area contributed by atoms with Crippen LogP contribution in [0.2, 0.25) is 0 Å². The summed E-state index contributed by atoms with van der Waals surface area (Å²) in [5.74, 6) is 1.08. The summed E-state index contributed by atoms with van der Waals surface area (Å²) in [4.78, 5) is 0. The third kappa shape index (κ3) is 2.46. The normalized spacial score (nSPS) is 34.9. The van der Waals surface area contributed by atoms with Crippen molar-refractivity contribution in [2.45, 2.75) is 45.1 Å². The molecule has 0 spiro atoms. The lowest BCUT2D eigenvalue weighted by Crippen LogP contribution is -2.43. The van der Waals surface area contributed by atoms with E-state index in [1.165, 1.54) is 12.0 Å². The van der Waals surface area contributed by atoms with Crippen LogP contribution in [-0.4, -0.2) is 10.7 Å². The van der Waals surface area contributed by atoms with Crippen molar-refractivity contribution in [3.8, 4) is 0 Å². The Kier molecular flexibility index (Phi) is 3.34. The molecule has 1 heteroatoms. The van der Waals surface area contributed by atoms with Gasteiger partial charge in [0.1, 0.15) is 0 Å². The van der Waals surface area contributed by atoms with Crippen molar-refractivity contribution in [2.75, 3.05) is 0 Å². The number of rotatable bonds is 2. The Bertz CT molecular complexity index is 333. The molecule has 1 aromatic rings. The molecule has 1 aliphatic rings. The molecule has 1 aromatic carbocycles. The molecule has 0 radical (unpaired) electrons. The molecule has 1 saturated carbocycles. The quantitative estimate of drug-likeness (QED) is 0.806. The van der Waals surface area contributed by atoms with E-state index in [4.69, 9.17) is 0 Å². The zero-order valence-electron chi connectivity index (χ0n) is 10.3. The molecule has 1 nitrogen and oxygen atoms in total. The molecule has 1 fully saturated rings. The van der Waals surface area contributed by atoms with Crippen LogP contribution in [0.4, 0.5) is 0 Å². The first-order valence-electron chi connectivity index (χ1n) is 6.36. The van der Waals surface area contributed by atoms with E-state index in [1.807, 2.05) is 6.07 Å². The third-order valence-corrected chi connectivity index (χ3v) is 4.06. The lowest BCUT2D eigenvalue weighted by Gasteiger charge is -2.41. The highest BCUT2D eigenvalue weighted by molar-refractivity contribution is 5.17. The summed E-state index contributed by atoms with van der Waals surface area (Å²) in [6.45, 7) is 4.44. The van der Waals surface area contributed by atoms with Crippen molar-refractivity contribution in [1.29, 1.82) is 0 Å². The van der Waals surface area contributed by atoms with Gasteiger partial charge in [-0.1, -0.05) is 50.6 Å². The van der Waals surface area contributed by atoms with Gasteiger partial charge in [-0.05, 0) is 30.2 Å². The summed E-state index contributed by atoms with van der Waals surface area (Å²) in [5.41, 5.74) is 0.768. The number of hydrogen-bond acceptors (Lipinski definition) is 1. The van der Waals surface area contributed by atoms with Gasteiger partial charge in [-0.2, -0.15) is 0 Å². The van der Waals surface area contributed by atoms with Crippen molar-refractivity contribution >= 4 is 0 Å². The maximum absolute atomic E-state index is 10.8. The summed E-state index contributed by atoms with van der Waals surface area (Å²) in [5, 5.41) is 10.8. The maximum Gasteiger partial charge on any atom is 0.0715 e.